The highest BCUT2D eigenvalue weighted by Crippen LogP contribution is 2.04. The molecule has 0 fully saturated rings. The minimum atomic E-state index is -0.958. The number of benzene rings is 1. The molecule has 0 heterocycles. The Labute approximate surface area is 95.4 Å². The Kier molecular flexibility index (Phi) is 5.29. The van der Waals surface area contributed by atoms with E-state index in [-0.39, 0.29) is 0 Å². The summed E-state index contributed by atoms with van der Waals surface area (Å²) in [5, 5.41) is 8.90. The SMILES string of the molecule is CCCOC(/C=C/c1ccccc1)C(=O)O. The number of ether oxygens (including phenoxy) is 1. The van der Waals surface area contributed by atoms with Gasteiger partial charge in [-0.25, -0.2) is 4.79 Å². The van der Waals surface area contributed by atoms with Crippen molar-refractivity contribution in [3.63, 3.8) is 0 Å². The molecule has 0 aliphatic heterocycles. The molecule has 0 bridgehead atoms. The van der Waals surface area contributed by atoms with Crippen LogP contribution in [0.5, 0.6) is 0 Å². The summed E-state index contributed by atoms with van der Waals surface area (Å²) in [6.45, 7) is 2.40. The zero-order valence-electron chi connectivity index (χ0n) is 9.30. The van der Waals surface area contributed by atoms with Gasteiger partial charge in [-0.2, -0.15) is 0 Å². The van der Waals surface area contributed by atoms with Crippen LogP contribution in [0, 0.1) is 0 Å². The Morgan fingerprint density at radius 3 is 2.69 bits per heavy atom. The van der Waals surface area contributed by atoms with E-state index in [4.69, 9.17) is 9.84 Å². The summed E-state index contributed by atoms with van der Waals surface area (Å²) in [6, 6.07) is 9.55. The molecule has 1 aromatic carbocycles. The van der Waals surface area contributed by atoms with E-state index in [0.717, 1.165) is 12.0 Å². The standard InChI is InChI=1S/C13H16O3/c1-2-10-16-12(13(14)15)9-8-11-6-4-3-5-7-11/h3-9,12H,2,10H2,1H3,(H,14,15)/b9-8+. The molecule has 3 heteroatoms. The van der Waals surface area contributed by atoms with Crippen LogP contribution < -0.4 is 0 Å². The molecule has 1 unspecified atom stereocenters. The van der Waals surface area contributed by atoms with Gasteiger partial charge in [0.15, 0.2) is 6.10 Å². The first-order valence-corrected chi connectivity index (χ1v) is 5.31. The maximum absolute atomic E-state index is 10.9. The van der Waals surface area contributed by atoms with E-state index in [1.807, 2.05) is 37.3 Å². The van der Waals surface area contributed by atoms with Crippen LogP contribution in [0.3, 0.4) is 0 Å². The topological polar surface area (TPSA) is 46.5 Å². The first-order valence-electron chi connectivity index (χ1n) is 5.31. The fraction of sp³-hybridized carbons (Fsp3) is 0.308. The Hall–Kier alpha value is -1.61. The second-order valence-corrected chi connectivity index (χ2v) is 3.40. The summed E-state index contributed by atoms with van der Waals surface area (Å²) < 4.78 is 5.19. The van der Waals surface area contributed by atoms with Crippen LogP contribution in [0.25, 0.3) is 6.08 Å². The van der Waals surface area contributed by atoms with Crippen molar-refractivity contribution in [3.05, 3.63) is 42.0 Å². The van der Waals surface area contributed by atoms with Gasteiger partial charge < -0.3 is 9.84 Å². The average Bonchev–Trinajstić information content (AvgIpc) is 2.30. The molecule has 0 aromatic heterocycles. The number of carboxylic acid groups (broad SMARTS) is 1. The Balaban J connectivity index is 2.61. The summed E-state index contributed by atoms with van der Waals surface area (Å²) in [5.74, 6) is -0.958. The Morgan fingerprint density at radius 1 is 1.44 bits per heavy atom. The molecule has 3 nitrogen and oxygen atoms in total. The van der Waals surface area contributed by atoms with Crippen molar-refractivity contribution in [1.29, 1.82) is 0 Å². The first kappa shape index (κ1) is 12.5. The van der Waals surface area contributed by atoms with E-state index in [1.165, 1.54) is 0 Å². The van der Waals surface area contributed by atoms with Crippen molar-refractivity contribution in [2.45, 2.75) is 19.4 Å². The van der Waals surface area contributed by atoms with Gasteiger partial charge in [-0.1, -0.05) is 43.3 Å². The molecule has 0 spiro atoms. The second-order valence-electron chi connectivity index (χ2n) is 3.40. The number of carbonyl (C=O) groups is 1. The minimum absolute atomic E-state index is 0.454. The van der Waals surface area contributed by atoms with Gasteiger partial charge in [0.2, 0.25) is 0 Å². The molecule has 86 valence electrons. The van der Waals surface area contributed by atoms with Gasteiger partial charge in [0.1, 0.15) is 0 Å². The highest BCUT2D eigenvalue weighted by molar-refractivity contribution is 5.76. The number of hydrogen-bond acceptors (Lipinski definition) is 2. The molecule has 0 saturated heterocycles. The van der Waals surface area contributed by atoms with Gasteiger partial charge in [0, 0.05) is 6.61 Å². The van der Waals surface area contributed by atoms with Crippen molar-refractivity contribution in [3.8, 4) is 0 Å². The van der Waals surface area contributed by atoms with Crippen molar-refractivity contribution >= 4 is 12.0 Å². The molecule has 16 heavy (non-hydrogen) atoms. The third kappa shape index (κ3) is 4.28. The third-order valence-electron chi connectivity index (χ3n) is 2.01. The average molecular weight is 220 g/mol. The molecular weight excluding hydrogens is 204 g/mol. The van der Waals surface area contributed by atoms with Crippen molar-refractivity contribution < 1.29 is 14.6 Å². The van der Waals surface area contributed by atoms with E-state index in [1.54, 1.807) is 12.2 Å². The number of hydrogen-bond donors (Lipinski definition) is 1. The Morgan fingerprint density at radius 2 is 2.12 bits per heavy atom. The molecule has 1 rings (SSSR count). The Bertz CT molecular complexity index is 343. The van der Waals surface area contributed by atoms with E-state index >= 15 is 0 Å². The fourth-order valence-electron chi connectivity index (χ4n) is 1.22. The second kappa shape index (κ2) is 6.80. The number of aliphatic carboxylic acids is 1. The summed E-state index contributed by atoms with van der Waals surface area (Å²) in [4.78, 5) is 10.9. The van der Waals surface area contributed by atoms with Crippen molar-refractivity contribution in [1.82, 2.24) is 0 Å². The highest BCUT2D eigenvalue weighted by atomic mass is 16.5. The molecule has 1 N–H and O–H groups in total. The monoisotopic (exact) mass is 220 g/mol. The van der Waals surface area contributed by atoms with Crippen LogP contribution in [0.1, 0.15) is 18.9 Å². The lowest BCUT2D eigenvalue weighted by Gasteiger charge is -2.07. The van der Waals surface area contributed by atoms with Crippen LogP contribution in [-0.2, 0) is 9.53 Å². The third-order valence-corrected chi connectivity index (χ3v) is 2.01. The molecule has 0 saturated carbocycles. The smallest absolute Gasteiger partial charge is 0.336 e. The molecule has 1 aromatic rings. The lowest BCUT2D eigenvalue weighted by atomic mass is 10.2. The molecular formula is C13H16O3. The zero-order valence-corrected chi connectivity index (χ0v) is 9.30. The van der Waals surface area contributed by atoms with E-state index in [0.29, 0.717) is 6.61 Å². The zero-order chi connectivity index (χ0) is 11.8. The summed E-state index contributed by atoms with van der Waals surface area (Å²) >= 11 is 0. The summed E-state index contributed by atoms with van der Waals surface area (Å²) in [5.41, 5.74) is 0.967. The predicted molar refractivity (Wildman–Crippen MR) is 63.1 cm³/mol. The largest absolute Gasteiger partial charge is 0.479 e. The van der Waals surface area contributed by atoms with Gasteiger partial charge >= 0.3 is 5.97 Å². The van der Waals surface area contributed by atoms with Gasteiger partial charge in [-0.15, -0.1) is 0 Å². The van der Waals surface area contributed by atoms with E-state index in [2.05, 4.69) is 0 Å². The number of carboxylic acids is 1. The van der Waals surface area contributed by atoms with Crippen LogP contribution >= 0.6 is 0 Å². The molecule has 0 aliphatic rings. The van der Waals surface area contributed by atoms with Crippen LogP contribution in [0.2, 0.25) is 0 Å². The van der Waals surface area contributed by atoms with Gasteiger partial charge in [-0.05, 0) is 18.1 Å². The van der Waals surface area contributed by atoms with Crippen LogP contribution in [-0.4, -0.2) is 23.8 Å². The van der Waals surface area contributed by atoms with Gasteiger partial charge in [-0.3, -0.25) is 0 Å². The van der Waals surface area contributed by atoms with Crippen molar-refractivity contribution in [2.75, 3.05) is 6.61 Å². The maximum atomic E-state index is 10.9. The van der Waals surface area contributed by atoms with Crippen LogP contribution in [0.15, 0.2) is 36.4 Å². The normalized spacial score (nSPS) is 12.8. The highest BCUT2D eigenvalue weighted by Gasteiger charge is 2.12. The molecule has 0 amide bonds. The molecule has 1 atom stereocenters. The molecule has 0 radical (unpaired) electrons. The van der Waals surface area contributed by atoms with Crippen molar-refractivity contribution in [2.24, 2.45) is 0 Å². The summed E-state index contributed by atoms with van der Waals surface area (Å²) in [6.07, 6.45) is 3.27. The lowest BCUT2D eigenvalue weighted by molar-refractivity contribution is -0.147. The number of rotatable bonds is 6. The van der Waals surface area contributed by atoms with E-state index in [9.17, 15) is 4.79 Å². The fourth-order valence-corrected chi connectivity index (χ4v) is 1.22. The summed E-state index contributed by atoms with van der Waals surface area (Å²) in [7, 11) is 0. The minimum Gasteiger partial charge on any atom is -0.479 e. The molecule has 0 aliphatic carbocycles. The van der Waals surface area contributed by atoms with Crippen LogP contribution in [0.4, 0.5) is 0 Å². The first-order chi connectivity index (χ1) is 7.74. The van der Waals surface area contributed by atoms with Gasteiger partial charge in [0.25, 0.3) is 0 Å². The lowest BCUT2D eigenvalue weighted by Crippen LogP contribution is -2.21. The quantitative estimate of drug-likeness (QED) is 0.801. The van der Waals surface area contributed by atoms with Gasteiger partial charge in [0.05, 0.1) is 0 Å². The maximum Gasteiger partial charge on any atom is 0.336 e. The van der Waals surface area contributed by atoms with E-state index < -0.39 is 12.1 Å². The predicted octanol–water partition coefficient (Wildman–Crippen LogP) is 2.58.